The van der Waals surface area contributed by atoms with Crippen molar-refractivity contribution in [3.8, 4) is 0 Å². The van der Waals surface area contributed by atoms with Crippen LogP contribution in [-0.2, 0) is 13.3 Å². The van der Waals surface area contributed by atoms with E-state index < -0.39 is 9.53 Å². The Morgan fingerprint density at radius 2 is 1.12 bits per heavy atom. The van der Waals surface area contributed by atoms with E-state index in [9.17, 15) is 0 Å². The Morgan fingerprint density at radius 3 is 1.12 bits per heavy atom. The van der Waals surface area contributed by atoms with E-state index in [1.165, 1.54) is 0 Å². The predicted molar refractivity (Wildman–Crippen MR) is 29.3 cm³/mol. The summed E-state index contributed by atoms with van der Waals surface area (Å²) in [6, 6.07) is 0. The Hall–Kier alpha value is 0.0269. The molecule has 0 aromatic carbocycles. The van der Waals surface area contributed by atoms with E-state index in [4.69, 9.17) is 13.3 Å². The zero-order valence-electron chi connectivity index (χ0n) is 5.13. The highest BCUT2D eigenvalue weighted by molar-refractivity contribution is 6.36. The van der Waals surface area contributed by atoms with Gasteiger partial charge in [-0.1, -0.05) is 0 Å². The Labute approximate surface area is 49.9 Å². The second kappa shape index (κ2) is 7.03. The average Bonchev–Trinajstić information content (AvgIpc) is 1.72. The predicted octanol–water partition coefficient (Wildman–Crippen LogP) is 0.0630. The molecule has 0 atom stereocenters. The molecule has 5 heteroatoms. The summed E-state index contributed by atoms with van der Waals surface area (Å²) in [6.45, 7) is 0. The minimum absolute atomic E-state index is 0. The summed E-state index contributed by atoms with van der Waals surface area (Å²) in [5, 5.41) is 0. The van der Waals surface area contributed by atoms with Crippen LogP contribution in [0.3, 0.4) is 0 Å². The van der Waals surface area contributed by atoms with Gasteiger partial charge >= 0.3 is 9.53 Å². The molecule has 0 saturated carbocycles. The maximum Gasteiger partial charge on any atom is 0.576 e. The van der Waals surface area contributed by atoms with Gasteiger partial charge in [-0.25, -0.2) is 0 Å². The molecular weight excluding hydrogens is 131 g/mol. The number of rotatable bonds is 3. The van der Waals surface area contributed by atoms with Crippen LogP contribution >= 0.6 is 0 Å². The molecule has 3 nitrogen and oxygen atoms in total. The van der Waals surface area contributed by atoms with Gasteiger partial charge in [0.15, 0.2) is 0 Å². The molecule has 0 aliphatic carbocycles. The smallest absolute Gasteiger partial charge is 0.375 e. The summed E-state index contributed by atoms with van der Waals surface area (Å²) in [4.78, 5) is 0. The third-order valence-corrected chi connectivity index (χ3v) is 1.50. The average molecular weight is 141 g/mol. The molecule has 0 bridgehead atoms. The number of hydrogen-bond donors (Lipinski definition) is 0. The first-order valence-electron chi connectivity index (χ1n) is 1.84. The molecule has 0 fully saturated rings. The Bertz CT molecular complexity index is 36.0. The van der Waals surface area contributed by atoms with Crippen molar-refractivity contribution in [2.24, 2.45) is 0 Å². The fourth-order valence-corrected chi connectivity index (χ4v) is 0.750. The van der Waals surface area contributed by atoms with Gasteiger partial charge in [0.05, 0.1) is 0 Å². The minimum atomic E-state index is -1.36. The molecule has 0 N–H and O–H groups in total. The molecule has 0 rings (SSSR count). The van der Waals surface area contributed by atoms with E-state index in [2.05, 4.69) is 0 Å². The van der Waals surface area contributed by atoms with Crippen LogP contribution in [0.1, 0.15) is 0 Å². The first kappa shape index (κ1) is 10.9. The molecule has 0 heterocycles. The van der Waals surface area contributed by atoms with E-state index in [0.717, 1.165) is 0 Å². The molecule has 0 unspecified atom stereocenters. The molecule has 0 aromatic rings. The van der Waals surface area contributed by atoms with Crippen molar-refractivity contribution in [1.29, 1.82) is 0 Å². The van der Waals surface area contributed by atoms with Crippen molar-refractivity contribution in [1.82, 2.24) is 0 Å². The highest BCUT2D eigenvalue weighted by Crippen LogP contribution is 1.81. The van der Waals surface area contributed by atoms with E-state index in [-0.39, 0.29) is 4.70 Å². The van der Waals surface area contributed by atoms with Crippen LogP contribution in [0, 0.1) is 0 Å². The Kier molecular flexibility index (Phi) is 9.58. The van der Waals surface area contributed by atoms with Crippen LogP contribution in [0.5, 0.6) is 0 Å². The van der Waals surface area contributed by atoms with Gasteiger partial charge in [-0.05, 0) is 0 Å². The summed E-state index contributed by atoms with van der Waals surface area (Å²) in [7, 11) is 3.31. The first-order valence-corrected chi connectivity index (χ1v) is 3.06. The van der Waals surface area contributed by atoms with Crippen molar-refractivity contribution >= 4 is 9.53 Å². The second-order valence-corrected chi connectivity index (χ2v) is 2.59. The third-order valence-electron chi connectivity index (χ3n) is 0.500. The van der Waals surface area contributed by atoms with Crippen molar-refractivity contribution in [3.05, 3.63) is 0 Å². The van der Waals surface area contributed by atoms with Gasteiger partial charge in [-0.3, -0.25) is 4.70 Å². The zero-order chi connectivity index (χ0) is 5.70. The highest BCUT2D eigenvalue weighted by atomic mass is 28.3. The molecule has 51 valence electrons. The summed E-state index contributed by atoms with van der Waals surface area (Å²) in [5.74, 6) is 0. The molecule has 1 radical (unpaired) electrons. The van der Waals surface area contributed by atoms with Crippen LogP contribution in [0.15, 0.2) is 0 Å². The van der Waals surface area contributed by atoms with Gasteiger partial charge < -0.3 is 13.3 Å². The quantitative estimate of drug-likeness (QED) is 0.520. The molecular formula is C3H10FO3Si. The number of halogens is 1. The molecule has 8 heavy (non-hydrogen) atoms. The topological polar surface area (TPSA) is 27.7 Å². The van der Waals surface area contributed by atoms with Crippen LogP contribution < -0.4 is 0 Å². The summed E-state index contributed by atoms with van der Waals surface area (Å²) in [6.07, 6.45) is 0. The van der Waals surface area contributed by atoms with Crippen LogP contribution in [0.4, 0.5) is 4.70 Å². The summed E-state index contributed by atoms with van der Waals surface area (Å²) in [5.41, 5.74) is 0. The SMILES string of the molecule is CO[Si](OC)OC.F. The van der Waals surface area contributed by atoms with Crippen molar-refractivity contribution in [3.63, 3.8) is 0 Å². The lowest BCUT2D eigenvalue weighted by Gasteiger charge is -2.02. The van der Waals surface area contributed by atoms with Crippen LogP contribution in [-0.4, -0.2) is 30.9 Å². The van der Waals surface area contributed by atoms with Crippen molar-refractivity contribution in [2.75, 3.05) is 21.3 Å². The van der Waals surface area contributed by atoms with Gasteiger partial charge in [0.25, 0.3) is 0 Å². The lowest BCUT2D eigenvalue weighted by Crippen LogP contribution is -2.21. The second-order valence-electron chi connectivity index (χ2n) is 0.862. The Balaban J connectivity index is 0. The summed E-state index contributed by atoms with van der Waals surface area (Å²) >= 11 is 0. The molecule has 0 aliphatic rings. The van der Waals surface area contributed by atoms with Crippen LogP contribution in [0.25, 0.3) is 0 Å². The number of hydrogen-bond acceptors (Lipinski definition) is 3. The monoisotopic (exact) mass is 141 g/mol. The van der Waals surface area contributed by atoms with E-state index >= 15 is 0 Å². The zero-order valence-corrected chi connectivity index (χ0v) is 6.13. The lowest BCUT2D eigenvalue weighted by molar-refractivity contribution is 0.163. The molecule has 0 amide bonds. The van der Waals surface area contributed by atoms with Gasteiger partial charge in [-0.15, -0.1) is 0 Å². The fraction of sp³-hybridized carbons (Fsp3) is 1.00. The van der Waals surface area contributed by atoms with Gasteiger partial charge in [0.2, 0.25) is 0 Å². The standard InChI is InChI=1S/C3H9O3Si.FH/c1-4-7(5-2)6-3;/h1-3H3;1H. The summed E-state index contributed by atoms with van der Waals surface area (Å²) < 4.78 is 14.1. The third kappa shape index (κ3) is 4.19. The molecule has 0 aliphatic heterocycles. The molecule has 0 aromatic heterocycles. The van der Waals surface area contributed by atoms with E-state index in [1.54, 1.807) is 21.3 Å². The van der Waals surface area contributed by atoms with Gasteiger partial charge in [-0.2, -0.15) is 0 Å². The van der Waals surface area contributed by atoms with Gasteiger partial charge in [0.1, 0.15) is 0 Å². The molecule has 0 saturated heterocycles. The van der Waals surface area contributed by atoms with Gasteiger partial charge in [0, 0.05) is 21.3 Å². The van der Waals surface area contributed by atoms with E-state index in [1.807, 2.05) is 0 Å². The lowest BCUT2D eigenvalue weighted by atomic mass is 11.8. The van der Waals surface area contributed by atoms with E-state index in [0.29, 0.717) is 0 Å². The minimum Gasteiger partial charge on any atom is -0.375 e. The normalized spacial score (nSPS) is 9.00. The molecule has 0 spiro atoms. The van der Waals surface area contributed by atoms with Crippen LogP contribution in [0.2, 0.25) is 0 Å². The largest absolute Gasteiger partial charge is 0.576 e. The first-order chi connectivity index (χ1) is 3.35. The maximum absolute atomic E-state index is 4.71. The Morgan fingerprint density at radius 1 is 0.875 bits per heavy atom. The maximum atomic E-state index is 4.71. The van der Waals surface area contributed by atoms with Crippen molar-refractivity contribution < 1.29 is 18.0 Å². The van der Waals surface area contributed by atoms with Crippen molar-refractivity contribution in [2.45, 2.75) is 0 Å². The highest BCUT2D eigenvalue weighted by Gasteiger charge is 2.09. The fourth-order valence-electron chi connectivity index (χ4n) is 0.250.